The molecule has 0 aliphatic carbocycles. The number of ether oxygens (including phenoxy) is 1. The van der Waals surface area contributed by atoms with Gasteiger partial charge in [-0.2, -0.15) is 0 Å². The summed E-state index contributed by atoms with van der Waals surface area (Å²) >= 11 is 0. The first kappa shape index (κ1) is 12.9. The van der Waals surface area contributed by atoms with Gasteiger partial charge < -0.3 is 9.84 Å². The second-order valence-electron chi connectivity index (χ2n) is 3.76. The summed E-state index contributed by atoms with van der Waals surface area (Å²) in [5.74, 6) is 0. The van der Waals surface area contributed by atoms with Crippen LogP contribution >= 0.6 is 0 Å². The summed E-state index contributed by atoms with van der Waals surface area (Å²) in [6.45, 7) is 11.0. The zero-order valence-electron chi connectivity index (χ0n) is 9.29. The van der Waals surface area contributed by atoms with E-state index in [9.17, 15) is 0 Å². The van der Waals surface area contributed by atoms with E-state index in [1.165, 1.54) is 0 Å². The van der Waals surface area contributed by atoms with Gasteiger partial charge in [-0.25, -0.2) is 0 Å². The largest absolute Gasteiger partial charge is 0.394 e. The van der Waals surface area contributed by atoms with Gasteiger partial charge in [-0.05, 0) is 27.7 Å². The Hall–Kier alpha value is -0.120. The second-order valence-corrected chi connectivity index (χ2v) is 3.76. The Morgan fingerprint density at radius 1 is 1.08 bits per heavy atom. The van der Waals surface area contributed by atoms with Gasteiger partial charge in [-0.1, -0.05) is 0 Å². The molecule has 0 saturated carbocycles. The SMILES string of the molecule is CC(C)N(CCOCCO)C(C)C. The third kappa shape index (κ3) is 6.02. The molecular formula is C10H23NO2. The maximum atomic E-state index is 8.51. The first-order chi connectivity index (χ1) is 6.09. The topological polar surface area (TPSA) is 32.7 Å². The highest BCUT2D eigenvalue weighted by Crippen LogP contribution is 2.03. The Kier molecular flexibility index (Phi) is 7.23. The first-order valence-corrected chi connectivity index (χ1v) is 5.04. The molecule has 0 spiro atoms. The van der Waals surface area contributed by atoms with Gasteiger partial charge in [0.2, 0.25) is 0 Å². The van der Waals surface area contributed by atoms with Gasteiger partial charge in [0.1, 0.15) is 0 Å². The molecule has 0 atom stereocenters. The molecule has 0 unspecified atom stereocenters. The molecule has 0 fully saturated rings. The molecule has 0 amide bonds. The molecule has 0 bridgehead atoms. The van der Waals surface area contributed by atoms with Crippen molar-refractivity contribution in [2.45, 2.75) is 39.8 Å². The van der Waals surface area contributed by atoms with Gasteiger partial charge in [0.05, 0.1) is 19.8 Å². The van der Waals surface area contributed by atoms with Crippen LogP contribution in [0.5, 0.6) is 0 Å². The van der Waals surface area contributed by atoms with Crippen molar-refractivity contribution >= 4 is 0 Å². The highest BCUT2D eigenvalue weighted by Gasteiger charge is 2.11. The molecule has 0 aliphatic rings. The molecule has 1 N–H and O–H groups in total. The van der Waals surface area contributed by atoms with Crippen LogP contribution in [0.25, 0.3) is 0 Å². The Balaban J connectivity index is 3.58. The summed E-state index contributed by atoms with van der Waals surface area (Å²) in [6.07, 6.45) is 0. The van der Waals surface area contributed by atoms with Gasteiger partial charge in [0, 0.05) is 18.6 Å². The van der Waals surface area contributed by atoms with Gasteiger partial charge in [0.25, 0.3) is 0 Å². The fraction of sp³-hybridized carbons (Fsp3) is 1.00. The Bertz CT molecular complexity index is 107. The average molecular weight is 189 g/mol. The molecule has 13 heavy (non-hydrogen) atoms. The smallest absolute Gasteiger partial charge is 0.0698 e. The van der Waals surface area contributed by atoms with E-state index in [0.29, 0.717) is 25.3 Å². The summed E-state index contributed by atoms with van der Waals surface area (Å²) in [5.41, 5.74) is 0. The number of nitrogens with zero attached hydrogens (tertiary/aromatic N) is 1. The van der Waals surface area contributed by atoms with Crippen LogP contribution in [0.15, 0.2) is 0 Å². The summed E-state index contributed by atoms with van der Waals surface area (Å²) in [6, 6.07) is 1.11. The summed E-state index contributed by atoms with van der Waals surface area (Å²) in [5, 5.41) is 8.51. The average Bonchev–Trinajstić information content (AvgIpc) is 2.02. The van der Waals surface area contributed by atoms with Crippen LogP contribution in [-0.2, 0) is 4.74 Å². The lowest BCUT2D eigenvalue weighted by molar-refractivity contribution is 0.0576. The third-order valence-electron chi connectivity index (χ3n) is 2.06. The van der Waals surface area contributed by atoms with Crippen LogP contribution in [0.4, 0.5) is 0 Å². The number of aliphatic hydroxyl groups excluding tert-OH is 1. The van der Waals surface area contributed by atoms with Crippen LogP contribution in [0.2, 0.25) is 0 Å². The van der Waals surface area contributed by atoms with Gasteiger partial charge >= 0.3 is 0 Å². The predicted molar refractivity (Wildman–Crippen MR) is 54.9 cm³/mol. The van der Waals surface area contributed by atoms with Crippen LogP contribution in [-0.4, -0.2) is 48.5 Å². The molecule has 0 aliphatic heterocycles. The highest BCUT2D eigenvalue weighted by molar-refractivity contribution is 4.66. The molecule has 0 aromatic heterocycles. The van der Waals surface area contributed by atoms with Crippen molar-refractivity contribution in [3.8, 4) is 0 Å². The fourth-order valence-electron chi connectivity index (χ4n) is 1.45. The molecule has 0 aromatic carbocycles. The predicted octanol–water partition coefficient (Wildman–Crippen LogP) is 1.11. The third-order valence-corrected chi connectivity index (χ3v) is 2.06. The fourth-order valence-corrected chi connectivity index (χ4v) is 1.45. The molecule has 3 nitrogen and oxygen atoms in total. The summed E-state index contributed by atoms with van der Waals surface area (Å²) in [4.78, 5) is 2.37. The lowest BCUT2D eigenvalue weighted by Gasteiger charge is -2.30. The molecule has 3 heteroatoms. The van der Waals surface area contributed by atoms with Crippen molar-refractivity contribution in [1.29, 1.82) is 0 Å². The van der Waals surface area contributed by atoms with E-state index in [2.05, 4.69) is 32.6 Å². The molecular weight excluding hydrogens is 166 g/mol. The number of rotatable bonds is 7. The van der Waals surface area contributed by atoms with E-state index in [1.807, 2.05) is 0 Å². The maximum absolute atomic E-state index is 8.51. The summed E-state index contributed by atoms with van der Waals surface area (Å²) in [7, 11) is 0. The van der Waals surface area contributed by atoms with Crippen molar-refractivity contribution in [2.24, 2.45) is 0 Å². The second kappa shape index (κ2) is 7.30. The molecule has 0 saturated heterocycles. The molecule has 0 radical (unpaired) electrons. The van der Waals surface area contributed by atoms with Crippen LogP contribution < -0.4 is 0 Å². The Labute approximate surface area is 81.7 Å². The first-order valence-electron chi connectivity index (χ1n) is 5.04. The van der Waals surface area contributed by atoms with E-state index >= 15 is 0 Å². The monoisotopic (exact) mass is 189 g/mol. The van der Waals surface area contributed by atoms with Crippen molar-refractivity contribution in [3.63, 3.8) is 0 Å². The van der Waals surface area contributed by atoms with E-state index in [4.69, 9.17) is 9.84 Å². The molecule has 0 aromatic rings. The van der Waals surface area contributed by atoms with Crippen molar-refractivity contribution in [1.82, 2.24) is 4.90 Å². The lowest BCUT2D eigenvalue weighted by Crippen LogP contribution is -2.39. The number of aliphatic hydroxyl groups is 1. The number of hydrogen-bond donors (Lipinski definition) is 1. The van der Waals surface area contributed by atoms with E-state index in [1.54, 1.807) is 0 Å². The zero-order valence-corrected chi connectivity index (χ0v) is 9.29. The Morgan fingerprint density at radius 2 is 1.62 bits per heavy atom. The normalized spacial score (nSPS) is 12.0. The minimum absolute atomic E-state index is 0.114. The molecule has 0 heterocycles. The van der Waals surface area contributed by atoms with Gasteiger partial charge in [-0.3, -0.25) is 4.90 Å². The van der Waals surface area contributed by atoms with E-state index in [-0.39, 0.29) is 6.61 Å². The van der Waals surface area contributed by atoms with Gasteiger partial charge in [-0.15, -0.1) is 0 Å². The summed E-state index contributed by atoms with van der Waals surface area (Å²) < 4.78 is 5.22. The quantitative estimate of drug-likeness (QED) is 0.609. The van der Waals surface area contributed by atoms with Crippen LogP contribution in [0.1, 0.15) is 27.7 Å². The van der Waals surface area contributed by atoms with Crippen molar-refractivity contribution in [2.75, 3.05) is 26.4 Å². The van der Waals surface area contributed by atoms with Gasteiger partial charge in [0.15, 0.2) is 0 Å². The standard InChI is InChI=1S/C10H23NO2/c1-9(2)11(10(3)4)5-7-13-8-6-12/h9-10,12H,5-8H2,1-4H3. The highest BCUT2D eigenvalue weighted by atomic mass is 16.5. The maximum Gasteiger partial charge on any atom is 0.0698 e. The van der Waals surface area contributed by atoms with Crippen LogP contribution in [0, 0.1) is 0 Å². The van der Waals surface area contributed by atoms with E-state index < -0.39 is 0 Å². The molecule has 80 valence electrons. The minimum Gasteiger partial charge on any atom is -0.394 e. The van der Waals surface area contributed by atoms with E-state index in [0.717, 1.165) is 6.54 Å². The lowest BCUT2D eigenvalue weighted by atomic mass is 10.2. The zero-order chi connectivity index (χ0) is 10.3. The Morgan fingerprint density at radius 3 is 2.00 bits per heavy atom. The van der Waals surface area contributed by atoms with Crippen molar-refractivity contribution < 1.29 is 9.84 Å². The van der Waals surface area contributed by atoms with Crippen molar-refractivity contribution in [3.05, 3.63) is 0 Å². The minimum atomic E-state index is 0.114. The number of hydrogen-bond acceptors (Lipinski definition) is 3. The van der Waals surface area contributed by atoms with Crippen LogP contribution in [0.3, 0.4) is 0 Å². The molecule has 0 rings (SSSR count).